The third-order valence-corrected chi connectivity index (χ3v) is 2.21. The molecule has 0 saturated heterocycles. The van der Waals surface area contributed by atoms with Gasteiger partial charge in [-0.05, 0) is 25.7 Å². The van der Waals surface area contributed by atoms with Crippen molar-refractivity contribution in [1.29, 1.82) is 0 Å². The van der Waals surface area contributed by atoms with Crippen molar-refractivity contribution >= 4 is 11.9 Å². The van der Waals surface area contributed by atoms with Crippen molar-refractivity contribution < 1.29 is 47.1 Å². The van der Waals surface area contributed by atoms with Crippen molar-refractivity contribution in [2.24, 2.45) is 0 Å². The van der Waals surface area contributed by atoms with Crippen LogP contribution in [0.3, 0.4) is 0 Å². The van der Waals surface area contributed by atoms with Crippen molar-refractivity contribution in [2.75, 3.05) is 0 Å². The van der Waals surface area contributed by atoms with E-state index < -0.39 is 23.1 Å². The molecule has 6 nitrogen and oxygen atoms in total. The monoisotopic (exact) mass is 265 g/mol. The van der Waals surface area contributed by atoms with Gasteiger partial charge in [0.2, 0.25) is 0 Å². The Labute approximate surface area is 96.4 Å². The number of rotatable bonds is 2. The van der Waals surface area contributed by atoms with E-state index in [1.165, 1.54) is 0 Å². The Balaban J connectivity index is 0.000000245. The normalized spacial score (nSPS) is 22.5. The average Bonchev–Trinajstić information content (AvgIpc) is 2.93. The number of aliphatic carboxylic acids is 2. The minimum atomic E-state index is -1.44. The Morgan fingerprint density at radius 3 is 1.07 bits per heavy atom. The molecule has 1 radical (unpaired) electrons. The summed E-state index contributed by atoms with van der Waals surface area (Å²) < 4.78 is 0. The topological polar surface area (TPSA) is 121 Å². The summed E-state index contributed by atoms with van der Waals surface area (Å²) in [5.41, 5.74) is -2.89. The Morgan fingerprint density at radius 1 is 0.867 bits per heavy atom. The molecule has 15 heavy (non-hydrogen) atoms. The predicted molar refractivity (Wildman–Crippen MR) is 38.4 cm³/mol. The molecule has 2 N–H and O–H groups in total. The number of hydrogen-bond donors (Lipinski definition) is 2. The Bertz CT molecular complexity index is 240. The van der Waals surface area contributed by atoms with Crippen LogP contribution in [0.5, 0.6) is 0 Å². The quantitative estimate of drug-likeness (QED) is 0.500. The maximum absolute atomic E-state index is 9.72. The first-order chi connectivity index (χ1) is 6.30. The van der Waals surface area contributed by atoms with Crippen molar-refractivity contribution in [3.8, 4) is 0 Å². The molecule has 0 amide bonds. The summed E-state index contributed by atoms with van der Waals surface area (Å²) in [7, 11) is 0. The molecule has 0 bridgehead atoms. The molecule has 0 aromatic carbocycles. The van der Waals surface area contributed by atoms with E-state index in [-0.39, 0.29) is 17.1 Å². The number of carboxylic acids is 2. The number of hydrogen-bond acceptors (Lipinski definition) is 6. The molecule has 0 unspecified atom stereocenters. The van der Waals surface area contributed by atoms with Gasteiger partial charge in [-0.25, -0.2) is 0 Å². The van der Waals surface area contributed by atoms with E-state index in [2.05, 4.69) is 0 Å². The first kappa shape index (κ1) is 14.4. The zero-order valence-electron chi connectivity index (χ0n) is 7.66. The molecular formula is C8H10CuO6. The molecular weight excluding hydrogens is 256 g/mol. The Kier molecular flexibility index (Phi) is 4.30. The van der Waals surface area contributed by atoms with Crippen LogP contribution in [0.2, 0.25) is 0 Å². The first-order valence-corrected chi connectivity index (χ1v) is 4.18. The molecule has 0 aromatic heterocycles. The van der Waals surface area contributed by atoms with Crippen molar-refractivity contribution in [3.63, 3.8) is 0 Å². The van der Waals surface area contributed by atoms with Crippen LogP contribution in [0.1, 0.15) is 25.7 Å². The molecule has 0 aliphatic heterocycles. The van der Waals surface area contributed by atoms with E-state index in [1.54, 1.807) is 0 Å². The minimum Gasteiger partial charge on any atom is -0.547 e. The molecule has 0 aromatic rings. The third-order valence-electron chi connectivity index (χ3n) is 2.21. The molecule has 2 saturated carbocycles. The summed E-state index contributed by atoms with van der Waals surface area (Å²) in [6, 6.07) is 0. The van der Waals surface area contributed by atoms with E-state index in [9.17, 15) is 19.8 Å². The van der Waals surface area contributed by atoms with Crippen LogP contribution in [0.25, 0.3) is 0 Å². The van der Waals surface area contributed by atoms with Crippen LogP contribution < -0.4 is 10.2 Å². The van der Waals surface area contributed by atoms with Crippen LogP contribution >= 0.6 is 0 Å². The maximum Gasteiger partial charge on any atom is 2.00 e. The zero-order chi connectivity index (χ0) is 11.0. The summed E-state index contributed by atoms with van der Waals surface area (Å²) in [6.07, 6.45) is 1.43. The van der Waals surface area contributed by atoms with Gasteiger partial charge in [0.05, 0.1) is 11.9 Å². The summed E-state index contributed by atoms with van der Waals surface area (Å²) >= 11 is 0. The molecule has 89 valence electrons. The molecule has 2 aliphatic rings. The summed E-state index contributed by atoms with van der Waals surface area (Å²) in [5.74, 6) is -2.68. The fraction of sp³-hybridized carbons (Fsp3) is 0.750. The smallest absolute Gasteiger partial charge is 0.547 e. The first-order valence-electron chi connectivity index (χ1n) is 4.18. The van der Waals surface area contributed by atoms with Gasteiger partial charge >= 0.3 is 17.1 Å². The van der Waals surface area contributed by atoms with Crippen LogP contribution in [0.15, 0.2) is 0 Å². The summed E-state index contributed by atoms with van der Waals surface area (Å²) in [4.78, 5) is 19.4. The Morgan fingerprint density at radius 2 is 1.07 bits per heavy atom. The van der Waals surface area contributed by atoms with Crippen LogP contribution in [-0.2, 0) is 26.7 Å². The number of carboxylic acid groups (broad SMARTS) is 2. The maximum atomic E-state index is 9.72. The molecule has 7 heteroatoms. The summed E-state index contributed by atoms with van der Waals surface area (Å²) in [6.45, 7) is 0. The SMILES string of the molecule is O=C([O-])C1(O)CC1.O=C([O-])C1(O)CC1.[Cu+2]. The van der Waals surface area contributed by atoms with Crippen LogP contribution in [0, 0.1) is 0 Å². The Hall–Kier alpha value is -0.621. The fourth-order valence-electron chi connectivity index (χ4n) is 0.645. The van der Waals surface area contributed by atoms with Gasteiger partial charge in [-0.3, -0.25) is 0 Å². The minimum absolute atomic E-state index is 0. The fourth-order valence-corrected chi connectivity index (χ4v) is 0.645. The van der Waals surface area contributed by atoms with Crippen LogP contribution in [0.4, 0.5) is 0 Å². The van der Waals surface area contributed by atoms with Crippen molar-refractivity contribution in [3.05, 3.63) is 0 Å². The van der Waals surface area contributed by atoms with E-state index in [0.717, 1.165) is 0 Å². The zero-order valence-corrected chi connectivity index (χ0v) is 8.60. The van der Waals surface area contributed by atoms with Crippen LogP contribution in [-0.4, -0.2) is 33.4 Å². The van der Waals surface area contributed by atoms with Gasteiger partial charge in [-0.15, -0.1) is 0 Å². The molecule has 0 spiro atoms. The van der Waals surface area contributed by atoms with E-state index >= 15 is 0 Å². The molecule has 0 heterocycles. The molecule has 2 rings (SSSR count). The van der Waals surface area contributed by atoms with Gasteiger partial charge in [0.1, 0.15) is 11.2 Å². The van der Waals surface area contributed by atoms with Gasteiger partial charge in [0.25, 0.3) is 0 Å². The van der Waals surface area contributed by atoms with E-state index in [4.69, 9.17) is 10.2 Å². The number of aliphatic hydroxyl groups is 2. The molecule has 0 atom stereocenters. The standard InChI is InChI=1S/2C4H6O3.Cu/c2*5-3(6)4(7)1-2-4;/h2*7H,1-2H2,(H,5,6);/q;;+2/p-2. The summed E-state index contributed by atoms with van der Waals surface area (Å²) in [5, 5.41) is 36.5. The molecule has 2 aliphatic carbocycles. The average molecular weight is 266 g/mol. The second-order valence-corrected chi connectivity index (χ2v) is 3.64. The van der Waals surface area contributed by atoms with Gasteiger partial charge in [0, 0.05) is 0 Å². The van der Waals surface area contributed by atoms with Crippen molar-refractivity contribution in [2.45, 2.75) is 36.9 Å². The van der Waals surface area contributed by atoms with Gasteiger partial charge < -0.3 is 30.0 Å². The van der Waals surface area contributed by atoms with Gasteiger partial charge in [-0.2, -0.15) is 0 Å². The van der Waals surface area contributed by atoms with E-state index in [1.807, 2.05) is 0 Å². The molecule has 2 fully saturated rings. The largest absolute Gasteiger partial charge is 2.00 e. The van der Waals surface area contributed by atoms with Crippen molar-refractivity contribution in [1.82, 2.24) is 0 Å². The number of carbonyl (C=O) groups excluding carboxylic acids is 2. The van der Waals surface area contributed by atoms with E-state index in [0.29, 0.717) is 25.7 Å². The van der Waals surface area contributed by atoms with Gasteiger partial charge in [0.15, 0.2) is 0 Å². The number of carbonyl (C=O) groups is 2. The second-order valence-electron chi connectivity index (χ2n) is 3.64. The third kappa shape index (κ3) is 3.79. The second kappa shape index (κ2) is 4.49. The predicted octanol–water partition coefficient (Wildman–Crippen LogP) is -3.48. The van der Waals surface area contributed by atoms with Gasteiger partial charge in [-0.1, -0.05) is 0 Å².